The number of hydrogen-bond acceptors (Lipinski definition) is 7. The first-order valence-electron chi connectivity index (χ1n) is 11.4. The molecule has 6 rings (SSSR count). The first-order valence-corrected chi connectivity index (χ1v) is 11.8. The molecule has 0 N–H and O–H groups in total. The van der Waals surface area contributed by atoms with E-state index in [2.05, 4.69) is 0 Å². The van der Waals surface area contributed by atoms with Crippen molar-refractivity contribution in [2.45, 2.75) is 12.1 Å². The van der Waals surface area contributed by atoms with Gasteiger partial charge in [-0.3, -0.25) is 24.5 Å². The zero-order chi connectivity index (χ0) is 25.7. The molecule has 0 spiro atoms. The highest BCUT2D eigenvalue weighted by molar-refractivity contribution is 6.31. The maximum Gasteiger partial charge on any atom is 0.280 e. The number of nitro benzene ring substituents is 1. The molecule has 2 saturated heterocycles. The number of amides is 2. The van der Waals surface area contributed by atoms with Crippen molar-refractivity contribution < 1.29 is 23.8 Å². The van der Waals surface area contributed by atoms with Gasteiger partial charge in [-0.05, 0) is 54.6 Å². The van der Waals surface area contributed by atoms with Crippen molar-refractivity contribution >= 4 is 40.5 Å². The van der Waals surface area contributed by atoms with Gasteiger partial charge in [-0.2, -0.15) is 0 Å². The molecule has 10 heteroatoms. The largest absolute Gasteiger partial charge is 0.458 e. The Morgan fingerprint density at radius 2 is 1.51 bits per heavy atom. The fraction of sp³-hybridized carbons (Fsp3) is 0.111. The van der Waals surface area contributed by atoms with Crippen molar-refractivity contribution in [3.63, 3.8) is 0 Å². The topological polar surface area (TPSA) is 106 Å². The van der Waals surface area contributed by atoms with Gasteiger partial charge in [0.15, 0.2) is 6.10 Å². The molecule has 2 aliphatic rings. The van der Waals surface area contributed by atoms with E-state index in [4.69, 9.17) is 20.9 Å². The standard InChI is InChI=1S/C27H18ClN3O6/c28-16-10-12-17(13-11-16)29-26(32)23-24(30(37-25(23)27(29)33)18-6-2-1-3-7-18)22-15-14-21(36-22)19-8-4-5-9-20(19)31(34)35/h1-15,23-25H/t23-,24-,25+/m1/s1. The van der Waals surface area contributed by atoms with E-state index in [1.807, 2.05) is 18.2 Å². The normalized spacial score (nSPS) is 20.9. The highest BCUT2D eigenvalue weighted by atomic mass is 35.5. The molecule has 3 atom stereocenters. The molecule has 3 heterocycles. The molecule has 0 radical (unpaired) electrons. The minimum Gasteiger partial charge on any atom is -0.458 e. The lowest BCUT2D eigenvalue weighted by Gasteiger charge is -2.27. The van der Waals surface area contributed by atoms with Gasteiger partial charge in [-0.1, -0.05) is 41.9 Å². The third kappa shape index (κ3) is 3.76. The van der Waals surface area contributed by atoms with Gasteiger partial charge < -0.3 is 4.42 Å². The number of fused-ring (bicyclic) bond motifs is 1. The molecule has 3 aromatic carbocycles. The van der Waals surface area contributed by atoms with Gasteiger partial charge in [0.05, 0.1) is 21.9 Å². The van der Waals surface area contributed by atoms with E-state index in [-0.39, 0.29) is 11.4 Å². The van der Waals surface area contributed by atoms with Crippen LogP contribution in [0.15, 0.2) is 95.4 Å². The molecule has 1 aromatic heterocycles. The van der Waals surface area contributed by atoms with Gasteiger partial charge in [0.25, 0.3) is 11.6 Å². The van der Waals surface area contributed by atoms with Gasteiger partial charge in [0.1, 0.15) is 23.5 Å². The van der Waals surface area contributed by atoms with Crippen LogP contribution in [0.4, 0.5) is 17.1 Å². The highest BCUT2D eigenvalue weighted by Crippen LogP contribution is 2.48. The highest BCUT2D eigenvalue weighted by Gasteiger charge is 2.61. The van der Waals surface area contributed by atoms with E-state index in [0.717, 1.165) is 4.90 Å². The molecule has 0 bridgehead atoms. The second-order valence-electron chi connectivity index (χ2n) is 8.62. The lowest BCUT2D eigenvalue weighted by atomic mass is 9.94. The van der Waals surface area contributed by atoms with E-state index in [9.17, 15) is 19.7 Å². The van der Waals surface area contributed by atoms with Crippen molar-refractivity contribution in [2.75, 3.05) is 9.96 Å². The molecular formula is C27H18ClN3O6. The van der Waals surface area contributed by atoms with E-state index >= 15 is 0 Å². The smallest absolute Gasteiger partial charge is 0.280 e. The number of anilines is 2. The number of nitrogens with zero attached hydrogens (tertiary/aromatic N) is 3. The third-order valence-corrected chi connectivity index (χ3v) is 6.75. The number of hydroxylamine groups is 1. The van der Waals surface area contributed by atoms with Crippen LogP contribution in [0.3, 0.4) is 0 Å². The zero-order valence-corrected chi connectivity index (χ0v) is 19.8. The van der Waals surface area contributed by atoms with Crippen LogP contribution in [0.25, 0.3) is 11.3 Å². The van der Waals surface area contributed by atoms with Gasteiger partial charge in [0.2, 0.25) is 5.91 Å². The van der Waals surface area contributed by atoms with Crippen LogP contribution >= 0.6 is 11.6 Å². The molecule has 37 heavy (non-hydrogen) atoms. The Hall–Kier alpha value is -4.47. The van der Waals surface area contributed by atoms with E-state index in [0.29, 0.717) is 27.7 Å². The minimum atomic E-state index is -1.08. The predicted octanol–water partition coefficient (Wildman–Crippen LogP) is 5.56. The van der Waals surface area contributed by atoms with Crippen LogP contribution in [-0.2, 0) is 14.4 Å². The maximum absolute atomic E-state index is 13.7. The summed E-state index contributed by atoms with van der Waals surface area (Å²) in [6, 6.07) is 24.2. The summed E-state index contributed by atoms with van der Waals surface area (Å²) in [4.78, 5) is 45.4. The molecule has 0 saturated carbocycles. The number of halogens is 1. The second kappa shape index (κ2) is 8.88. The Kier molecular flexibility index (Phi) is 5.51. The van der Waals surface area contributed by atoms with Crippen LogP contribution in [-0.4, -0.2) is 22.8 Å². The summed E-state index contributed by atoms with van der Waals surface area (Å²) in [6.45, 7) is 0. The number of benzene rings is 3. The molecule has 0 aliphatic carbocycles. The Labute approximate surface area is 215 Å². The number of furan rings is 1. The maximum atomic E-state index is 13.7. The number of carbonyl (C=O) groups excluding carboxylic acids is 2. The van der Waals surface area contributed by atoms with E-state index in [1.54, 1.807) is 66.7 Å². The average Bonchev–Trinajstić information content (AvgIpc) is 3.60. The molecular weight excluding hydrogens is 498 g/mol. The van der Waals surface area contributed by atoms with Crippen LogP contribution in [0.1, 0.15) is 11.8 Å². The van der Waals surface area contributed by atoms with E-state index in [1.165, 1.54) is 11.1 Å². The van der Waals surface area contributed by atoms with Crippen molar-refractivity contribution in [2.24, 2.45) is 5.92 Å². The Bertz CT molecular complexity index is 1520. The first kappa shape index (κ1) is 23.0. The number of hydrogen-bond donors (Lipinski definition) is 0. The Balaban J connectivity index is 1.43. The Morgan fingerprint density at radius 3 is 2.24 bits per heavy atom. The van der Waals surface area contributed by atoms with Gasteiger partial charge in [-0.25, -0.2) is 9.96 Å². The summed E-state index contributed by atoms with van der Waals surface area (Å²) < 4.78 is 6.12. The van der Waals surface area contributed by atoms with Crippen LogP contribution in [0, 0.1) is 16.0 Å². The number of rotatable bonds is 5. The molecule has 9 nitrogen and oxygen atoms in total. The lowest BCUT2D eigenvalue weighted by Crippen LogP contribution is -2.37. The summed E-state index contributed by atoms with van der Waals surface area (Å²) >= 11 is 5.99. The molecule has 2 fully saturated rings. The molecule has 4 aromatic rings. The third-order valence-electron chi connectivity index (χ3n) is 6.50. The number of para-hydroxylation sites is 2. The first-order chi connectivity index (χ1) is 17.9. The van der Waals surface area contributed by atoms with E-state index < -0.39 is 34.8 Å². The summed E-state index contributed by atoms with van der Waals surface area (Å²) in [6.07, 6.45) is -1.08. The molecule has 2 aliphatic heterocycles. The number of nitro groups is 1. The molecule has 2 amide bonds. The summed E-state index contributed by atoms with van der Waals surface area (Å²) in [5, 5.41) is 13.5. The van der Waals surface area contributed by atoms with Crippen LogP contribution in [0.5, 0.6) is 0 Å². The van der Waals surface area contributed by atoms with Crippen molar-refractivity contribution in [3.8, 4) is 11.3 Å². The Morgan fingerprint density at radius 1 is 0.811 bits per heavy atom. The number of carbonyl (C=O) groups is 2. The van der Waals surface area contributed by atoms with Crippen molar-refractivity contribution in [1.29, 1.82) is 0 Å². The van der Waals surface area contributed by atoms with Gasteiger partial charge in [0, 0.05) is 11.1 Å². The SMILES string of the molecule is O=C1[C@H]2[C@H](ON(c3ccccc3)[C@@H]2c2ccc(-c3ccccc3[N+](=O)[O-])o2)C(=O)N1c1ccc(Cl)cc1. The predicted molar refractivity (Wildman–Crippen MR) is 135 cm³/mol. The van der Waals surface area contributed by atoms with Crippen LogP contribution in [0.2, 0.25) is 5.02 Å². The molecule has 0 unspecified atom stereocenters. The monoisotopic (exact) mass is 515 g/mol. The summed E-state index contributed by atoms with van der Waals surface area (Å²) in [7, 11) is 0. The fourth-order valence-corrected chi connectivity index (χ4v) is 4.97. The lowest BCUT2D eigenvalue weighted by molar-refractivity contribution is -0.384. The summed E-state index contributed by atoms with van der Waals surface area (Å²) in [5.41, 5.74) is 1.22. The number of imide groups is 1. The summed E-state index contributed by atoms with van der Waals surface area (Å²) in [5.74, 6) is -1.24. The molecule has 184 valence electrons. The van der Waals surface area contributed by atoms with Crippen molar-refractivity contribution in [3.05, 3.63) is 112 Å². The van der Waals surface area contributed by atoms with Gasteiger partial charge in [-0.15, -0.1) is 0 Å². The quantitative estimate of drug-likeness (QED) is 0.194. The zero-order valence-electron chi connectivity index (χ0n) is 19.1. The van der Waals surface area contributed by atoms with Gasteiger partial charge >= 0.3 is 0 Å². The average molecular weight is 516 g/mol. The van der Waals surface area contributed by atoms with Crippen LogP contribution < -0.4 is 9.96 Å². The second-order valence-corrected chi connectivity index (χ2v) is 9.06. The minimum absolute atomic E-state index is 0.107. The van der Waals surface area contributed by atoms with Crippen molar-refractivity contribution in [1.82, 2.24) is 0 Å². The fourth-order valence-electron chi connectivity index (χ4n) is 4.84.